The molecule has 0 aliphatic rings. The highest BCUT2D eigenvalue weighted by molar-refractivity contribution is 6.30. The summed E-state index contributed by atoms with van der Waals surface area (Å²) in [6, 6.07) is 16.4. The lowest BCUT2D eigenvalue weighted by Crippen LogP contribution is -2.28. The zero-order valence-corrected chi connectivity index (χ0v) is 13.6. The molecule has 1 amide bonds. The number of rotatable bonds is 5. The van der Waals surface area contributed by atoms with Gasteiger partial charge in [0.05, 0.1) is 11.7 Å². The minimum atomic E-state index is -0.370. The Morgan fingerprint density at radius 2 is 2.08 bits per heavy atom. The highest BCUT2D eigenvalue weighted by Crippen LogP contribution is 2.23. The molecule has 3 aromatic rings. The van der Waals surface area contributed by atoms with E-state index in [2.05, 4.69) is 15.3 Å². The smallest absolute Gasteiger partial charge is 0.244 e. The van der Waals surface area contributed by atoms with Crippen LogP contribution in [0.2, 0.25) is 5.02 Å². The van der Waals surface area contributed by atoms with E-state index < -0.39 is 0 Å². The van der Waals surface area contributed by atoms with Crippen LogP contribution < -0.4 is 5.32 Å². The van der Waals surface area contributed by atoms with Gasteiger partial charge in [0.25, 0.3) is 0 Å². The fraction of sp³-hybridized carbons (Fsp3) is 0.0526. The summed E-state index contributed by atoms with van der Waals surface area (Å²) in [7, 11) is 0. The van der Waals surface area contributed by atoms with Crippen molar-refractivity contribution in [3.05, 3.63) is 95.0 Å². The molecule has 0 fully saturated rings. The fourth-order valence-electron chi connectivity index (χ4n) is 2.36. The molecule has 2 N–H and O–H groups in total. The van der Waals surface area contributed by atoms with Crippen molar-refractivity contribution in [1.29, 1.82) is 0 Å². The number of amides is 1. The van der Waals surface area contributed by atoms with Crippen LogP contribution in [0, 0.1) is 0 Å². The first-order valence-electron chi connectivity index (χ1n) is 7.51. The second-order valence-corrected chi connectivity index (χ2v) is 5.65. The summed E-state index contributed by atoms with van der Waals surface area (Å²) < 4.78 is 0. The lowest BCUT2D eigenvalue weighted by molar-refractivity contribution is -0.116. The number of nitrogens with zero attached hydrogens (tertiary/aromatic N) is 1. The van der Waals surface area contributed by atoms with Crippen molar-refractivity contribution in [2.45, 2.75) is 6.04 Å². The number of hydrogen-bond acceptors (Lipinski definition) is 2. The van der Waals surface area contributed by atoms with Gasteiger partial charge in [-0.25, -0.2) is 0 Å². The van der Waals surface area contributed by atoms with E-state index in [1.165, 1.54) is 6.08 Å². The second-order valence-electron chi connectivity index (χ2n) is 5.21. The molecular formula is C19H16ClN3O. The van der Waals surface area contributed by atoms with Gasteiger partial charge in [-0.15, -0.1) is 0 Å². The van der Waals surface area contributed by atoms with Gasteiger partial charge in [0.1, 0.15) is 0 Å². The van der Waals surface area contributed by atoms with Crippen molar-refractivity contribution in [2.24, 2.45) is 0 Å². The molecule has 0 radical (unpaired) electrons. The normalized spacial score (nSPS) is 12.2. The molecule has 24 heavy (non-hydrogen) atoms. The van der Waals surface area contributed by atoms with Gasteiger partial charge in [0, 0.05) is 29.2 Å². The van der Waals surface area contributed by atoms with E-state index in [4.69, 9.17) is 11.6 Å². The van der Waals surface area contributed by atoms with Gasteiger partial charge in [0.15, 0.2) is 0 Å². The minimum absolute atomic E-state index is 0.208. The van der Waals surface area contributed by atoms with Crippen molar-refractivity contribution in [1.82, 2.24) is 15.3 Å². The van der Waals surface area contributed by atoms with Crippen LogP contribution in [0.1, 0.15) is 23.0 Å². The number of pyridine rings is 1. The van der Waals surface area contributed by atoms with E-state index in [-0.39, 0.29) is 11.9 Å². The Morgan fingerprint density at radius 3 is 2.79 bits per heavy atom. The highest BCUT2D eigenvalue weighted by atomic mass is 35.5. The minimum Gasteiger partial charge on any atom is -0.362 e. The van der Waals surface area contributed by atoms with Crippen LogP contribution >= 0.6 is 11.6 Å². The Labute approximate surface area is 145 Å². The zero-order valence-electron chi connectivity index (χ0n) is 12.8. The van der Waals surface area contributed by atoms with E-state index in [9.17, 15) is 4.79 Å². The van der Waals surface area contributed by atoms with Crippen molar-refractivity contribution < 1.29 is 4.79 Å². The number of aromatic nitrogens is 2. The molecule has 1 atom stereocenters. The zero-order chi connectivity index (χ0) is 16.8. The summed E-state index contributed by atoms with van der Waals surface area (Å²) in [5.41, 5.74) is 2.49. The Hall–Kier alpha value is -2.85. The largest absolute Gasteiger partial charge is 0.362 e. The molecule has 2 aromatic heterocycles. The molecule has 1 unspecified atom stereocenters. The number of nitrogens with one attached hydrogen (secondary N) is 2. The standard InChI is InChI=1S/C19H16ClN3O/c20-15-6-3-5-14(13-15)19(17-8-1-2-11-22-17)23-18(24)10-9-16-7-4-12-21-16/h1-13,19,21H,(H,23,24)/b10-9+. The van der Waals surface area contributed by atoms with Crippen molar-refractivity contribution >= 4 is 23.6 Å². The molecule has 120 valence electrons. The maximum Gasteiger partial charge on any atom is 0.244 e. The fourth-order valence-corrected chi connectivity index (χ4v) is 2.56. The molecule has 0 aliphatic carbocycles. The molecule has 0 saturated heterocycles. The lowest BCUT2D eigenvalue weighted by Gasteiger charge is -2.18. The van der Waals surface area contributed by atoms with Gasteiger partial charge in [0.2, 0.25) is 5.91 Å². The Morgan fingerprint density at radius 1 is 1.17 bits per heavy atom. The first kappa shape index (κ1) is 16.0. The summed E-state index contributed by atoms with van der Waals surface area (Å²) in [6.45, 7) is 0. The molecule has 0 spiro atoms. The molecule has 3 rings (SSSR count). The third-order valence-electron chi connectivity index (χ3n) is 3.49. The molecule has 0 saturated carbocycles. The highest BCUT2D eigenvalue weighted by Gasteiger charge is 2.17. The van der Waals surface area contributed by atoms with E-state index in [0.717, 1.165) is 17.0 Å². The van der Waals surface area contributed by atoms with Crippen molar-refractivity contribution in [2.75, 3.05) is 0 Å². The van der Waals surface area contributed by atoms with Crippen LogP contribution in [-0.2, 0) is 4.79 Å². The lowest BCUT2D eigenvalue weighted by atomic mass is 10.0. The SMILES string of the molecule is O=C(/C=C/c1ccc[nH]1)NC(c1cccc(Cl)c1)c1ccccn1. The number of hydrogen-bond donors (Lipinski definition) is 2. The Kier molecular flexibility index (Phi) is 5.08. The van der Waals surface area contributed by atoms with E-state index in [1.807, 2.05) is 48.5 Å². The molecule has 5 heteroatoms. The van der Waals surface area contributed by atoms with Crippen LogP contribution in [0.3, 0.4) is 0 Å². The topological polar surface area (TPSA) is 57.8 Å². The molecule has 0 bridgehead atoms. The number of aromatic amines is 1. The van der Waals surface area contributed by atoms with Crippen LogP contribution in [0.5, 0.6) is 0 Å². The van der Waals surface area contributed by atoms with Crippen molar-refractivity contribution in [3.63, 3.8) is 0 Å². The van der Waals surface area contributed by atoms with Gasteiger partial charge < -0.3 is 10.3 Å². The molecule has 2 heterocycles. The summed E-state index contributed by atoms with van der Waals surface area (Å²) in [6.07, 6.45) is 6.73. The molecule has 4 nitrogen and oxygen atoms in total. The van der Waals surface area contributed by atoms with Crippen LogP contribution in [0.4, 0.5) is 0 Å². The first-order valence-corrected chi connectivity index (χ1v) is 7.88. The van der Waals surface area contributed by atoms with E-state index >= 15 is 0 Å². The predicted molar refractivity (Wildman–Crippen MR) is 95.5 cm³/mol. The Balaban J connectivity index is 1.84. The number of carbonyl (C=O) groups excluding carboxylic acids is 1. The van der Waals surface area contributed by atoms with Crippen molar-refractivity contribution in [3.8, 4) is 0 Å². The Bertz CT molecular complexity index is 829. The predicted octanol–water partition coefficient (Wildman–Crippen LogP) is 3.98. The number of benzene rings is 1. The van der Waals surface area contributed by atoms with Gasteiger partial charge in [-0.3, -0.25) is 9.78 Å². The van der Waals surface area contributed by atoms with Gasteiger partial charge in [-0.2, -0.15) is 0 Å². The number of halogens is 1. The average Bonchev–Trinajstić information content (AvgIpc) is 3.12. The summed E-state index contributed by atoms with van der Waals surface area (Å²) >= 11 is 6.09. The van der Waals surface area contributed by atoms with E-state index in [1.54, 1.807) is 24.5 Å². The molecular weight excluding hydrogens is 322 g/mol. The summed E-state index contributed by atoms with van der Waals surface area (Å²) in [5.74, 6) is -0.208. The summed E-state index contributed by atoms with van der Waals surface area (Å²) in [4.78, 5) is 19.7. The van der Waals surface area contributed by atoms with Crippen LogP contribution in [0.25, 0.3) is 6.08 Å². The van der Waals surface area contributed by atoms with Gasteiger partial charge in [-0.05, 0) is 48.0 Å². The molecule has 0 aliphatic heterocycles. The first-order chi connectivity index (χ1) is 11.7. The average molecular weight is 338 g/mol. The number of carbonyl (C=O) groups is 1. The number of H-pyrrole nitrogens is 1. The third kappa shape index (κ3) is 4.12. The van der Waals surface area contributed by atoms with Crippen LogP contribution in [0.15, 0.2) is 73.1 Å². The maximum absolute atomic E-state index is 12.3. The summed E-state index contributed by atoms with van der Waals surface area (Å²) in [5, 5.41) is 3.59. The third-order valence-corrected chi connectivity index (χ3v) is 3.72. The monoisotopic (exact) mass is 337 g/mol. The maximum atomic E-state index is 12.3. The second kappa shape index (κ2) is 7.62. The van der Waals surface area contributed by atoms with Gasteiger partial charge in [-0.1, -0.05) is 29.8 Å². The van der Waals surface area contributed by atoms with Crippen LogP contribution in [-0.4, -0.2) is 15.9 Å². The molecule has 1 aromatic carbocycles. The van der Waals surface area contributed by atoms with E-state index in [0.29, 0.717) is 5.02 Å². The quantitative estimate of drug-likeness (QED) is 0.692. The van der Waals surface area contributed by atoms with Gasteiger partial charge >= 0.3 is 0 Å².